The van der Waals surface area contributed by atoms with Crippen LogP contribution in [0.15, 0.2) is 72.3 Å². The normalized spacial score (nSPS) is 14.6. The monoisotopic (exact) mass is 776 g/mol. The van der Waals surface area contributed by atoms with Gasteiger partial charge in [-0.3, -0.25) is 14.4 Å². The van der Waals surface area contributed by atoms with Crippen molar-refractivity contribution in [3.8, 4) is 5.75 Å². The Bertz CT molecular complexity index is 1640. The van der Waals surface area contributed by atoms with Crippen LogP contribution in [0.3, 0.4) is 0 Å². The third-order valence-corrected chi connectivity index (χ3v) is 7.52. The number of fused-ring (bicyclic) bond motifs is 1. The molecule has 15 heteroatoms. The second-order valence-corrected chi connectivity index (χ2v) is 11.6. The van der Waals surface area contributed by atoms with Gasteiger partial charge in [0.25, 0.3) is 11.8 Å². The van der Waals surface area contributed by atoms with Crippen molar-refractivity contribution in [1.82, 2.24) is 10.8 Å². The fraction of sp³-hybridized carbons (Fsp3) is 0.194. The molecule has 242 valence electrons. The van der Waals surface area contributed by atoms with E-state index in [4.69, 9.17) is 9.36 Å². The maximum absolute atomic E-state index is 13.2. The first-order chi connectivity index (χ1) is 21.7. The fourth-order valence-electron chi connectivity index (χ4n) is 4.47. The maximum atomic E-state index is 13.2. The van der Waals surface area contributed by atoms with Gasteiger partial charge in [0.1, 0.15) is 12.2 Å². The van der Waals surface area contributed by atoms with E-state index in [2.05, 4.69) is 10.8 Å². The topological polar surface area (TPSA) is 93.7 Å². The third kappa shape index (κ3) is 9.87. The van der Waals surface area contributed by atoms with Crippen molar-refractivity contribution in [2.45, 2.75) is 31.7 Å². The molecule has 1 unspecified atom stereocenters. The van der Waals surface area contributed by atoms with Gasteiger partial charge in [0.05, 0.1) is 11.1 Å². The van der Waals surface area contributed by atoms with Crippen LogP contribution in [0.5, 0.6) is 5.75 Å². The van der Waals surface area contributed by atoms with E-state index in [1.165, 1.54) is 18.2 Å². The van der Waals surface area contributed by atoms with Crippen molar-refractivity contribution < 1.29 is 50.1 Å². The zero-order valence-corrected chi connectivity index (χ0v) is 26.7. The Hall–Kier alpha value is -3.75. The first-order valence-electron chi connectivity index (χ1n) is 13.4. The highest BCUT2D eigenvalue weighted by atomic mass is 127. The zero-order chi connectivity index (χ0) is 33.5. The minimum absolute atomic E-state index is 0.0354. The number of Topliss-reactive ketones (excluding diaryl/α,β-unsaturated/α-hetero) is 1. The molecule has 0 bridgehead atoms. The minimum Gasteiger partial charge on any atom is -0.484 e. The van der Waals surface area contributed by atoms with Crippen LogP contribution in [0.1, 0.15) is 50.2 Å². The number of nitrogens with one attached hydrogen (secondary N) is 2. The number of rotatable bonds is 10. The molecule has 0 saturated heterocycles. The van der Waals surface area contributed by atoms with Gasteiger partial charge in [0.2, 0.25) is 0 Å². The summed E-state index contributed by atoms with van der Waals surface area (Å²) in [5.41, 5.74) is 1.41. The van der Waals surface area contributed by atoms with E-state index in [9.17, 15) is 40.7 Å². The number of allylic oxidation sites excluding steroid dienone is 1. The Kier molecular flexibility index (Phi) is 11.6. The van der Waals surface area contributed by atoms with Crippen molar-refractivity contribution in [2.75, 3.05) is 6.61 Å². The molecule has 0 spiro atoms. The van der Waals surface area contributed by atoms with Crippen LogP contribution in [0, 0.1) is 0 Å². The van der Waals surface area contributed by atoms with Gasteiger partial charge in [-0.15, -0.1) is 0 Å². The summed E-state index contributed by atoms with van der Waals surface area (Å²) >= 11 is 1.97. The number of benzene rings is 3. The van der Waals surface area contributed by atoms with Crippen LogP contribution in [-0.2, 0) is 39.5 Å². The highest BCUT2D eigenvalue weighted by Crippen LogP contribution is 2.37. The second kappa shape index (κ2) is 15.2. The van der Waals surface area contributed by atoms with Crippen molar-refractivity contribution >= 4 is 58.2 Å². The Morgan fingerprint density at radius 1 is 0.891 bits per heavy atom. The lowest BCUT2D eigenvalue weighted by Crippen LogP contribution is -2.28. The molecule has 0 fully saturated rings. The molecular weight excluding hydrogens is 752 g/mol. The first-order valence-corrected chi connectivity index (χ1v) is 17.4. The van der Waals surface area contributed by atoms with Crippen molar-refractivity contribution in [1.29, 1.82) is 0 Å². The number of alkyl halides is 6. The van der Waals surface area contributed by atoms with E-state index in [1.807, 2.05) is 22.0 Å². The number of amides is 2. The van der Waals surface area contributed by atoms with Gasteiger partial charge >= 0.3 is 12.4 Å². The second-order valence-electron chi connectivity index (χ2n) is 9.94. The summed E-state index contributed by atoms with van der Waals surface area (Å²) in [5.74, 6) is -1.01. The van der Waals surface area contributed by atoms with E-state index < -0.39 is 41.1 Å². The summed E-state index contributed by atoms with van der Waals surface area (Å²) in [6, 6.07) is 12.8. The van der Waals surface area contributed by atoms with Crippen LogP contribution >= 0.6 is 28.5 Å². The average molecular weight is 776 g/mol. The van der Waals surface area contributed by atoms with Crippen LogP contribution in [0.25, 0.3) is 12.2 Å². The van der Waals surface area contributed by atoms with E-state index in [0.29, 0.717) is 23.4 Å². The molecule has 0 aromatic heterocycles. The first kappa shape index (κ1) is 35.1. The highest BCUT2D eigenvalue weighted by molar-refractivity contribution is 14.2. The summed E-state index contributed by atoms with van der Waals surface area (Å²) in [6.07, 6.45) is -5.64. The van der Waals surface area contributed by atoms with Crippen molar-refractivity contribution in [3.05, 3.63) is 111 Å². The number of aryl methyl sites for hydroxylation is 1. The molecule has 1 atom stereocenters. The van der Waals surface area contributed by atoms with Gasteiger partial charge in [-0.2, -0.15) is 26.3 Å². The molecule has 2 amide bonds. The van der Waals surface area contributed by atoms with Crippen LogP contribution in [0.2, 0.25) is 0 Å². The molecule has 2 N–H and O–H groups in total. The van der Waals surface area contributed by atoms with Gasteiger partial charge in [-0.05, 0) is 106 Å². The van der Waals surface area contributed by atoms with E-state index in [-0.39, 0.29) is 55.2 Å². The molecule has 1 aliphatic rings. The number of halogens is 7. The summed E-state index contributed by atoms with van der Waals surface area (Å²) in [7, 11) is 0. The van der Waals surface area contributed by atoms with Gasteiger partial charge in [-0.25, -0.2) is 10.1 Å². The summed E-state index contributed by atoms with van der Waals surface area (Å²) in [5, 5.41) is 2.72. The molecule has 0 radical (unpaired) electrons. The lowest BCUT2D eigenvalue weighted by Gasteiger charge is -2.19. The lowest BCUT2D eigenvalue weighted by atomic mass is 9.85. The predicted octanol–water partition coefficient (Wildman–Crippen LogP) is 7.64. The Morgan fingerprint density at radius 3 is 2.20 bits per heavy atom. The van der Waals surface area contributed by atoms with Crippen molar-refractivity contribution in [2.24, 2.45) is 0 Å². The van der Waals surface area contributed by atoms with Crippen LogP contribution < -0.4 is 15.5 Å². The quantitative estimate of drug-likeness (QED) is 0.0727. The standard InChI is InChI=1S/C31H24F6IN2O5P/c32-30(33,34)23-12-20(13-24(15-23)31(35,36)37)11-22-7-6-21-14-25(8-9-26(21)29(22)43)44-17-28(42)39-16-19-3-1-18(2-4-19)5-10-27(41)40-45-46-38/h1-5,8-15,46H,6-7,16-17H2,(H,39,42)(H,40,41)/b10-5+,22-11+. The Labute approximate surface area is 273 Å². The molecule has 0 aliphatic heterocycles. The largest absolute Gasteiger partial charge is 0.484 e. The minimum atomic E-state index is -5.00. The number of hydroxylamine groups is 1. The Morgan fingerprint density at radius 2 is 1.57 bits per heavy atom. The number of carbonyl (C=O) groups is 3. The van der Waals surface area contributed by atoms with E-state index in [1.54, 1.807) is 36.4 Å². The van der Waals surface area contributed by atoms with Gasteiger partial charge < -0.3 is 10.1 Å². The molecule has 0 saturated carbocycles. The fourth-order valence-corrected chi connectivity index (χ4v) is 4.94. The van der Waals surface area contributed by atoms with Crippen LogP contribution in [-0.4, -0.2) is 24.2 Å². The highest BCUT2D eigenvalue weighted by Gasteiger charge is 2.37. The third-order valence-electron chi connectivity index (χ3n) is 6.68. The number of hydrogen-bond donors (Lipinski definition) is 2. The maximum Gasteiger partial charge on any atom is 0.416 e. The number of ketones is 1. The van der Waals surface area contributed by atoms with E-state index in [0.717, 1.165) is 17.2 Å². The summed E-state index contributed by atoms with van der Waals surface area (Å²) in [6.45, 7) is 0.00574. The number of carbonyl (C=O) groups excluding carboxylic acids is 3. The SMILES string of the molecule is O=C(/C=C/c1ccc(CNC(=O)COc2ccc3c(c2)CC/C(=C\c2cc(C(F)(F)F)cc(C(F)(F)F)c2)C3=O)cc1)NOPI. The predicted molar refractivity (Wildman–Crippen MR) is 168 cm³/mol. The van der Waals surface area contributed by atoms with Gasteiger partial charge in [0, 0.05) is 23.8 Å². The summed E-state index contributed by atoms with van der Waals surface area (Å²) in [4.78, 5) is 37.0. The van der Waals surface area contributed by atoms with Gasteiger partial charge in [-0.1, -0.05) is 24.3 Å². The average Bonchev–Trinajstić information content (AvgIpc) is 3.01. The summed E-state index contributed by atoms with van der Waals surface area (Å²) < 4.78 is 89.8. The number of ether oxygens (including phenoxy) is 1. The molecule has 1 aliphatic carbocycles. The smallest absolute Gasteiger partial charge is 0.416 e. The molecule has 0 heterocycles. The molecule has 3 aromatic carbocycles. The Balaban J connectivity index is 1.34. The molecule has 3 aromatic rings. The lowest BCUT2D eigenvalue weighted by molar-refractivity contribution is -0.143. The van der Waals surface area contributed by atoms with Gasteiger partial charge in [0.15, 0.2) is 12.4 Å². The van der Waals surface area contributed by atoms with Crippen LogP contribution in [0.4, 0.5) is 26.3 Å². The molecule has 4 rings (SSSR count). The zero-order valence-electron chi connectivity index (χ0n) is 23.5. The van der Waals surface area contributed by atoms with Crippen molar-refractivity contribution in [3.63, 3.8) is 0 Å². The molecule has 7 nitrogen and oxygen atoms in total. The van der Waals surface area contributed by atoms with E-state index >= 15 is 0 Å². The number of hydrogen-bond acceptors (Lipinski definition) is 5. The molecule has 46 heavy (non-hydrogen) atoms. The molecular formula is C31H24F6IN2O5P.